The van der Waals surface area contributed by atoms with Gasteiger partial charge in [-0.2, -0.15) is 0 Å². The first-order valence-electron chi connectivity index (χ1n) is 5.79. The van der Waals surface area contributed by atoms with Gasteiger partial charge in [-0.15, -0.1) is 0 Å². The molecule has 0 heterocycles. The Bertz CT molecular complexity index is 168. The van der Waals surface area contributed by atoms with Crippen molar-refractivity contribution < 1.29 is 15.3 Å². The summed E-state index contributed by atoms with van der Waals surface area (Å²) >= 11 is 0. The summed E-state index contributed by atoms with van der Waals surface area (Å²) < 4.78 is 0. The Kier molecular flexibility index (Phi) is 8.43. The van der Waals surface area contributed by atoms with Crippen molar-refractivity contribution in [2.75, 3.05) is 0 Å². The van der Waals surface area contributed by atoms with Crippen LogP contribution in [-0.2, 0) is 0 Å². The number of rotatable bonds is 9. The molecule has 0 saturated heterocycles. The quantitative estimate of drug-likeness (QED) is 0.410. The topological polar surface area (TPSA) is 60.7 Å². The van der Waals surface area contributed by atoms with Gasteiger partial charge >= 0.3 is 0 Å². The third-order valence-corrected chi connectivity index (χ3v) is 2.56. The summed E-state index contributed by atoms with van der Waals surface area (Å²) in [4.78, 5) is 0. The Morgan fingerprint density at radius 3 is 2.07 bits per heavy atom. The van der Waals surface area contributed by atoms with Crippen molar-refractivity contribution in [1.82, 2.24) is 0 Å². The van der Waals surface area contributed by atoms with Crippen molar-refractivity contribution in [2.45, 2.75) is 64.1 Å². The fraction of sp³-hybridized carbons (Fsp3) is 0.833. The Balaban J connectivity index is 3.31. The van der Waals surface area contributed by atoms with Crippen molar-refractivity contribution in [3.05, 3.63) is 12.3 Å². The van der Waals surface area contributed by atoms with Gasteiger partial charge in [0.25, 0.3) is 0 Å². The summed E-state index contributed by atoms with van der Waals surface area (Å²) in [5, 5.41) is 27.6. The van der Waals surface area contributed by atoms with Gasteiger partial charge in [-0.25, -0.2) is 0 Å². The normalized spacial score (nSPS) is 14.9. The van der Waals surface area contributed by atoms with Crippen LogP contribution >= 0.6 is 0 Å². The maximum absolute atomic E-state index is 9.51. The minimum atomic E-state index is -0.354. The van der Waals surface area contributed by atoms with Gasteiger partial charge in [0.2, 0.25) is 0 Å². The van der Waals surface area contributed by atoms with Crippen molar-refractivity contribution >= 4 is 0 Å². The molecule has 0 aliphatic carbocycles. The molecule has 15 heavy (non-hydrogen) atoms. The predicted octanol–water partition coefficient (Wildman–Crippen LogP) is 2.53. The molecule has 0 saturated carbocycles. The molecule has 0 aromatic carbocycles. The Labute approximate surface area is 92.4 Å². The average molecular weight is 216 g/mol. The van der Waals surface area contributed by atoms with E-state index in [0.29, 0.717) is 12.8 Å². The van der Waals surface area contributed by atoms with Crippen LogP contribution in [0.4, 0.5) is 0 Å². The molecule has 3 heteroatoms. The number of allylic oxidation sites excluding steroid dienone is 1. The number of hydrogen-bond acceptors (Lipinski definition) is 3. The summed E-state index contributed by atoms with van der Waals surface area (Å²) in [5.41, 5.74) is 0. The summed E-state index contributed by atoms with van der Waals surface area (Å²) in [6, 6.07) is 0. The molecule has 0 aliphatic heterocycles. The highest BCUT2D eigenvalue weighted by molar-refractivity contribution is 4.79. The van der Waals surface area contributed by atoms with E-state index in [1.165, 1.54) is 0 Å². The van der Waals surface area contributed by atoms with Gasteiger partial charge in [-0.05, 0) is 25.7 Å². The number of aliphatic hydroxyl groups is 3. The molecular formula is C12H24O3. The van der Waals surface area contributed by atoms with E-state index in [9.17, 15) is 10.2 Å². The number of unbranched alkanes of at least 4 members (excludes halogenated alkanes) is 1. The van der Waals surface area contributed by atoms with Crippen molar-refractivity contribution in [3.8, 4) is 0 Å². The van der Waals surface area contributed by atoms with Gasteiger partial charge in [-0.1, -0.05) is 26.3 Å². The second-order valence-electron chi connectivity index (χ2n) is 4.11. The van der Waals surface area contributed by atoms with Crippen LogP contribution in [0.25, 0.3) is 0 Å². The second kappa shape index (κ2) is 8.74. The first-order chi connectivity index (χ1) is 7.06. The van der Waals surface area contributed by atoms with E-state index in [0.717, 1.165) is 32.1 Å². The Morgan fingerprint density at radius 1 is 1.07 bits per heavy atom. The fourth-order valence-electron chi connectivity index (χ4n) is 1.44. The van der Waals surface area contributed by atoms with E-state index < -0.39 is 0 Å². The zero-order valence-electron chi connectivity index (χ0n) is 9.65. The van der Waals surface area contributed by atoms with E-state index in [1.807, 2.05) is 6.92 Å². The van der Waals surface area contributed by atoms with Gasteiger partial charge in [0.1, 0.15) is 0 Å². The molecule has 3 nitrogen and oxygen atoms in total. The molecule has 90 valence electrons. The third-order valence-electron chi connectivity index (χ3n) is 2.56. The Morgan fingerprint density at radius 2 is 1.60 bits per heavy atom. The van der Waals surface area contributed by atoms with Crippen LogP contribution in [0.2, 0.25) is 0 Å². The van der Waals surface area contributed by atoms with Crippen LogP contribution in [0.3, 0.4) is 0 Å². The highest BCUT2D eigenvalue weighted by atomic mass is 16.3. The first kappa shape index (κ1) is 14.5. The standard InChI is InChI=1S/C12H24O3/c1-3-11(14)6-4-5-7-12(15)9-8-10(2)13/h11-15H,2-9H2,1H3. The molecular weight excluding hydrogens is 192 g/mol. The monoisotopic (exact) mass is 216 g/mol. The van der Waals surface area contributed by atoms with E-state index in [1.54, 1.807) is 0 Å². The molecule has 0 radical (unpaired) electrons. The van der Waals surface area contributed by atoms with E-state index in [2.05, 4.69) is 6.58 Å². The second-order valence-corrected chi connectivity index (χ2v) is 4.11. The lowest BCUT2D eigenvalue weighted by molar-refractivity contribution is 0.135. The lowest BCUT2D eigenvalue weighted by atomic mass is 10.0. The number of hydrogen-bond donors (Lipinski definition) is 3. The highest BCUT2D eigenvalue weighted by Gasteiger charge is 2.05. The van der Waals surface area contributed by atoms with Crippen LogP contribution in [0.15, 0.2) is 12.3 Å². The van der Waals surface area contributed by atoms with Gasteiger partial charge in [-0.3, -0.25) is 0 Å². The molecule has 0 aromatic rings. The molecule has 0 aliphatic rings. The molecule has 0 bridgehead atoms. The third kappa shape index (κ3) is 9.76. The maximum Gasteiger partial charge on any atom is 0.0852 e. The smallest absolute Gasteiger partial charge is 0.0852 e. The summed E-state index contributed by atoms with van der Waals surface area (Å²) in [7, 11) is 0. The van der Waals surface area contributed by atoms with E-state index in [4.69, 9.17) is 5.11 Å². The largest absolute Gasteiger partial charge is 0.513 e. The first-order valence-corrected chi connectivity index (χ1v) is 5.79. The molecule has 2 atom stereocenters. The summed E-state index contributed by atoms with van der Waals surface area (Å²) in [5.74, 6) is 0.135. The van der Waals surface area contributed by atoms with E-state index >= 15 is 0 Å². The molecule has 3 N–H and O–H groups in total. The van der Waals surface area contributed by atoms with Gasteiger partial charge in [0.15, 0.2) is 0 Å². The van der Waals surface area contributed by atoms with Crippen molar-refractivity contribution in [1.29, 1.82) is 0 Å². The Hall–Kier alpha value is -0.540. The van der Waals surface area contributed by atoms with Crippen LogP contribution < -0.4 is 0 Å². The van der Waals surface area contributed by atoms with E-state index in [-0.39, 0.29) is 18.0 Å². The van der Waals surface area contributed by atoms with Crippen LogP contribution in [-0.4, -0.2) is 27.5 Å². The summed E-state index contributed by atoms with van der Waals surface area (Å²) in [6.07, 6.45) is 4.73. The zero-order chi connectivity index (χ0) is 11.7. The minimum absolute atomic E-state index is 0.135. The fourth-order valence-corrected chi connectivity index (χ4v) is 1.44. The lowest BCUT2D eigenvalue weighted by Gasteiger charge is -2.11. The maximum atomic E-state index is 9.51. The molecule has 0 spiro atoms. The molecule has 0 amide bonds. The zero-order valence-corrected chi connectivity index (χ0v) is 9.65. The van der Waals surface area contributed by atoms with Crippen molar-refractivity contribution in [3.63, 3.8) is 0 Å². The van der Waals surface area contributed by atoms with Crippen LogP contribution in [0.5, 0.6) is 0 Å². The predicted molar refractivity (Wildman–Crippen MR) is 61.8 cm³/mol. The molecule has 2 unspecified atom stereocenters. The highest BCUT2D eigenvalue weighted by Crippen LogP contribution is 2.12. The molecule has 0 fully saturated rings. The van der Waals surface area contributed by atoms with Crippen LogP contribution in [0.1, 0.15) is 51.9 Å². The number of aliphatic hydroxyl groups excluding tert-OH is 3. The van der Waals surface area contributed by atoms with Crippen LogP contribution in [0, 0.1) is 0 Å². The lowest BCUT2D eigenvalue weighted by Crippen LogP contribution is -2.08. The van der Waals surface area contributed by atoms with Gasteiger partial charge in [0.05, 0.1) is 18.0 Å². The summed E-state index contributed by atoms with van der Waals surface area (Å²) in [6.45, 7) is 5.33. The molecule has 0 rings (SSSR count). The van der Waals surface area contributed by atoms with Gasteiger partial charge in [0, 0.05) is 6.42 Å². The minimum Gasteiger partial charge on any atom is -0.513 e. The SMILES string of the molecule is C=C(O)CCC(O)CCCCC(O)CC. The average Bonchev–Trinajstić information content (AvgIpc) is 2.21. The van der Waals surface area contributed by atoms with Crippen molar-refractivity contribution in [2.24, 2.45) is 0 Å². The molecule has 0 aromatic heterocycles. The van der Waals surface area contributed by atoms with Gasteiger partial charge < -0.3 is 15.3 Å².